The van der Waals surface area contributed by atoms with E-state index in [1.165, 1.54) is 18.2 Å². The Hall–Kier alpha value is -2.50. The van der Waals surface area contributed by atoms with Gasteiger partial charge in [0.25, 0.3) is 0 Å². The largest absolute Gasteiger partial charge is 0.360 e. The Kier molecular flexibility index (Phi) is 3.70. The van der Waals surface area contributed by atoms with Gasteiger partial charge in [-0.05, 0) is 30.7 Å². The molecule has 1 heterocycles. The molecule has 2 aromatic rings. The second-order valence-electron chi connectivity index (χ2n) is 4.06. The third-order valence-electron chi connectivity index (χ3n) is 2.58. The van der Waals surface area contributed by atoms with Gasteiger partial charge in [-0.2, -0.15) is 0 Å². The van der Waals surface area contributed by atoms with Gasteiger partial charge in [-0.15, -0.1) is 0 Å². The normalized spacial score (nSPS) is 10.2. The number of anilines is 1. The molecule has 98 valence electrons. The average molecular weight is 261 g/mol. The molecule has 0 spiro atoms. The summed E-state index contributed by atoms with van der Waals surface area (Å²) >= 11 is 0. The van der Waals surface area contributed by atoms with Gasteiger partial charge in [-0.25, -0.2) is 9.37 Å². The lowest BCUT2D eigenvalue weighted by Crippen LogP contribution is -2.05. The van der Waals surface area contributed by atoms with E-state index >= 15 is 0 Å². The summed E-state index contributed by atoms with van der Waals surface area (Å²) in [5.41, 5.74) is 1.43. The highest BCUT2D eigenvalue weighted by Crippen LogP contribution is 2.22. The highest BCUT2D eigenvalue weighted by Gasteiger charge is 2.14. The van der Waals surface area contributed by atoms with Crippen LogP contribution >= 0.6 is 0 Å². The first-order valence-corrected chi connectivity index (χ1v) is 5.66. The molecule has 0 fully saturated rings. The molecule has 0 aliphatic rings. The molecular weight excluding hydrogens is 249 g/mol. The highest BCUT2D eigenvalue weighted by molar-refractivity contribution is 5.56. The van der Waals surface area contributed by atoms with Crippen LogP contribution in [0.2, 0.25) is 0 Å². The Bertz CT molecular complexity index is 599. The maximum absolute atomic E-state index is 12.8. The van der Waals surface area contributed by atoms with Crippen molar-refractivity contribution in [3.05, 3.63) is 63.6 Å². The fraction of sp³-hybridized carbons (Fsp3) is 0.154. The zero-order valence-corrected chi connectivity index (χ0v) is 10.3. The number of aryl methyl sites for hydroxylation is 1. The SMILES string of the molecule is Cc1ccc([N+](=O)[O-])c(NCc2ccc(F)cc2)n1. The summed E-state index contributed by atoms with van der Waals surface area (Å²) in [6.07, 6.45) is 0. The van der Waals surface area contributed by atoms with Crippen molar-refractivity contribution in [2.75, 3.05) is 5.32 Å². The quantitative estimate of drug-likeness (QED) is 0.678. The number of halogens is 1. The lowest BCUT2D eigenvalue weighted by molar-refractivity contribution is -0.384. The maximum atomic E-state index is 12.8. The van der Waals surface area contributed by atoms with Gasteiger partial charge in [-0.1, -0.05) is 12.1 Å². The Balaban J connectivity index is 2.16. The molecule has 0 aliphatic heterocycles. The van der Waals surface area contributed by atoms with Crippen molar-refractivity contribution in [3.8, 4) is 0 Å². The Morgan fingerprint density at radius 2 is 1.95 bits per heavy atom. The third kappa shape index (κ3) is 3.25. The predicted molar refractivity (Wildman–Crippen MR) is 69.4 cm³/mol. The second-order valence-corrected chi connectivity index (χ2v) is 4.06. The van der Waals surface area contributed by atoms with E-state index in [-0.39, 0.29) is 17.3 Å². The number of nitro groups is 1. The Labute approximate surface area is 109 Å². The summed E-state index contributed by atoms with van der Waals surface area (Å²) in [6.45, 7) is 2.10. The van der Waals surface area contributed by atoms with Gasteiger partial charge in [0, 0.05) is 18.3 Å². The van der Waals surface area contributed by atoms with Crippen LogP contribution in [0.4, 0.5) is 15.9 Å². The van der Waals surface area contributed by atoms with Crippen molar-refractivity contribution >= 4 is 11.5 Å². The standard InChI is InChI=1S/C13H12FN3O2/c1-9-2-7-12(17(18)19)13(16-9)15-8-10-3-5-11(14)6-4-10/h2-7H,8H2,1H3,(H,15,16). The molecule has 0 saturated carbocycles. The number of pyridine rings is 1. The predicted octanol–water partition coefficient (Wildman–Crippen LogP) is 3.05. The zero-order chi connectivity index (χ0) is 13.8. The number of nitrogens with zero attached hydrogens (tertiary/aromatic N) is 2. The molecule has 1 aromatic heterocycles. The van der Waals surface area contributed by atoms with Crippen molar-refractivity contribution in [3.63, 3.8) is 0 Å². The van der Waals surface area contributed by atoms with E-state index in [9.17, 15) is 14.5 Å². The fourth-order valence-corrected chi connectivity index (χ4v) is 1.61. The lowest BCUT2D eigenvalue weighted by Gasteiger charge is -2.07. The van der Waals surface area contributed by atoms with Gasteiger partial charge in [0.05, 0.1) is 4.92 Å². The molecule has 19 heavy (non-hydrogen) atoms. The number of hydrogen-bond acceptors (Lipinski definition) is 4. The fourth-order valence-electron chi connectivity index (χ4n) is 1.61. The summed E-state index contributed by atoms with van der Waals surface area (Å²) in [7, 11) is 0. The minimum Gasteiger partial charge on any atom is -0.360 e. The highest BCUT2D eigenvalue weighted by atomic mass is 19.1. The van der Waals surface area contributed by atoms with E-state index in [0.717, 1.165) is 5.56 Å². The van der Waals surface area contributed by atoms with E-state index in [4.69, 9.17) is 0 Å². The molecular formula is C13H12FN3O2. The molecule has 1 aromatic carbocycles. The Morgan fingerprint density at radius 1 is 1.26 bits per heavy atom. The molecule has 0 radical (unpaired) electrons. The first kappa shape index (κ1) is 12.9. The molecule has 6 heteroatoms. The number of rotatable bonds is 4. The number of benzene rings is 1. The van der Waals surface area contributed by atoms with Crippen LogP contribution in [-0.4, -0.2) is 9.91 Å². The molecule has 0 unspecified atom stereocenters. The smallest absolute Gasteiger partial charge is 0.311 e. The van der Waals surface area contributed by atoms with Gasteiger partial charge < -0.3 is 5.32 Å². The van der Waals surface area contributed by atoms with E-state index in [1.807, 2.05) is 0 Å². The zero-order valence-electron chi connectivity index (χ0n) is 10.3. The van der Waals surface area contributed by atoms with Crippen LogP contribution in [0.1, 0.15) is 11.3 Å². The van der Waals surface area contributed by atoms with Gasteiger partial charge in [0.1, 0.15) is 5.82 Å². The molecule has 2 rings (SSSR count). The number of aromatic nitrogens is 1. The minimum atomic E-state index is -0.487. The minimum absolute atomic E-state index is 0.0762. The summed E-state index contributed by atoms with van der Waals surface area (Å²) < 4.78 is 12.8. The van der Waals surface area contributed by atoms with Crippen molar-refractivity contribution in [2.24, 2.45) is 0 Å². The molecule has 1 N–H and O–H groups in total. The summed E-state index contributed by atoms with van der Waals surface area (Å²) in [6, 6.07) is 8.91. The molecule has 0 aliphatic carbocycles. The van der Waals surface area contributed by atoms with Crippen LogP contribution in [0.25, 0.3) is 0 Å². The van der Waals surface area contributed by atoms with Gasteiger partial charge in [0.15, 0.2) is 0 Å². The number of hydrogen-bond donors (Lipinski definition) is 1. The van der Waals surface area contributed by atoms with E-state index in [2.05, 4.69) is 10.3 Å². The van der Waals surface area contributed by atoms with Crippen molar-refractivity contribution in [1.82, 2.24) is 4.98 Å². The van der Waals surface area contributed by atoms with Crippen molar-refractivity contribution in [1.29, 1.82) is 0 Å². The summed E-state index contributed by atoms with van der Waals surface area (Å²) in [4.78, 5) is 14.5. The summed E-state index contributed by atoms with van der Waals surface area (Å²) in [5.74, 6) is -0.0993. The van der Waals surface area contributed by atoms with Crippen LogP contribution in [0.5, 0.6) is 0 Å². The molecule has 0 saturated heterocycles. The molecule has 5 nitrogen and oxygen atoms in total. The monoisotopic (exact) mass is 261 g/mol. The van der Waals surface area contributed by atoms with Gasteiger partial charge in [-0.3, -0.25) is 10.1 Å². The third-order valence-corrected chi connectivity index (χ3v) is 2.58. The second kappa shape index (κ2) is 5.43. The lowest BCUT2D eigenvalue weighted by atomic mass is 10.2. The first-order chi connectivity index (χ1) is 9.06. The van der Waals surface area contributed by atoms with Crippen molar-refractivity contribution in [2.45, 2.75) is 13.5 Å². The van der Waals surface area contributed by atoms with E-state index in [0.29, 0.717) is 12.2 Å². The first-order valence-electron chi connectivity index (χ1n) is 5.66. The topological polar surface area (TPSA) is 68.1 Å². The van der Waals surface area contributed by atoms with Crippen LogP contribution in [0.15, 0.2) is 36.4 Å². The van der Waals surface area contributed by atoms with Crippen LogP contribution < -0.4 is 5.32 Å². The number of nitrogens with one attached hydrogen (secondary N) is 1. The summed E-state index contributed by atoms with van der Waals surface area (Å²) in [5, 5.41) is 13.8. The van der Waals surface area contributed by atoms with E-state index in [1.54, 1.807) is 25.1 Å². The van der Waals surface area contributed by atoms with Gasteiger partial charge in [0.2, 0.25) is 5.82 Å². The maximum Gasteiger partial charge on any atom is 0.311 e. The Morgan fingerprint density at radius 3 is 2.58 bits per heavy atom. The van der Waals surface area contributed by atoms with Gasteiger partial charge >= 0.3 is 5.69 Å². The van der Waals surface area contributed by atoms with Crippen molar-refractivity contribution < 1.29 is 9.31 Å². The molecule has 0 bridgehead atoms. The van der Waals surface area contributed by atoms with Crippen LogP contribution in [0.3, 0.4) is 0 Å². The van der Waals surface area contributed by atoms with Crippen LogP contribution in [-0.2, 0) is 6.54 Å². The molecule has 0 atom stereocenters. The molecule has 0 amide bonds. The van der Waals surface area contributed by atoms with E-state index < -0.39 is 4.92 Å². The van der Waals surface area contributed by atoms with Crippen LogP contribution in [0, 0.1) is 22.9 Å². The average Bonchev–Trinajstić information content (AvgIpc) is 2.38.